The molecule has 0 saturated heterocycles. The molecule has 0 radical (unpaired) electrons. The molecule has 0 unspecified atom stereocenters. The number of thiophene rings is 1. The highest BCUT2D eigenvalue weighted by Gasteiger charge is 2.10. The second-order valence-corrected chi connectivity index (χ2v) is 7.47. The molecule has 7 nitrogen and oxygen atoms in total. The molecule has 21 heavy (non-hydrogen) atoms. The number of fused-ring (bicyclic) bond motifs is 1. The van der Waals surface area contributed by atoms with Gasteiger partial charge in [0.1, 0.15) is 10.6 Å². The van der Waals surface area contributed by atoms with Crippen molar-refractivity contribution in [1.82, 2.24) is 14.7 Å². The van der Waals surface area contributed by atoms with E-state index in [-0.39, 0.29) is 0 Å². The summed E-state index contributed by atoms with van der Waals surface area (Å²) in [6.07, 6.45) is 2.09. The van der Waals surface area contributed by atoms with E-state index in [1.54, 1.807) is 18.4 Å². The largest absolute Gasteiger partial charge is 0.368 e. The Balaban J connectivity index is 2.18. The quantitative estimate of drug-likeness (QED) is 0.662. The second-order valence-electron chi connectivity index (χ2n) is 4.52. The number of nitrogens with one attached hydrogen (secondary N) is 3. The normalized spacial score (nSPS) is 11.8. The standard InChI is InChI=1S/C12H19N5O2S2/c1-4-8-7-9-10(14-5-6-15-21(3,18)19)16-12(13-2)17-11(9)20-8/h7,15H,4-6H2,1-3H3,(H2,13,14,16,17). The van der Waals surface area contributed by atoms with Gasteiger partial charge in [-0.1, -0.05) is 6.92 Å². The van der Waals surface area contributed by atoms with Crippen LogP contribution in [-0.2, 0) is 16.4 Å². The molecule has 0 bridgehead atoms. The Morgan fingerprint density at radius 2 is 2.05 bits per heavy atom. The van der Waals surface area contributed by atoms with Crippen LogP contribution in [0.2, 0.25) is 0 Å². The minimum absolute atomic E-state index is 0.310. The van der Waals surface area contributed by atoms with Crippen LogP contribution in [0.5, 0.6) is 0 Å². The Labute approximate surface area is 128 Å². The minimum atomic E-state index is -3.17. The Morgan fingerprint density at radius 1 is 1.29 bits per heavy atom. The van der Waals surface area contributed by atoms with Gasteiger partial charge in [-0.3, -0.25) is 0 Å². The van der Waals surface area contributed by atoms with Crippen LogP contribution in [0.1, 0.15) is 11.8 Å². The maximum absolute atomic E-state index is 11.0. The van der Waals surface area contributed by atoms with Crippen LogP contribution in [-0.4, -0.2) is 44.8 Å². The molecule has 3 N–H and O–H groups in total. The van der Waals surface area contributed by atoms with E-state index in [2.05, 4.69) is 38.3 Å². The molecule has 0 aliphatic heterocycles. The summed E-state index contributed by atoms with van der Waals surface area (Å²) in [7, 11) is -1.40. The van der Waals surface area contributed by atoms with Crippen molar-refractivity contribution in [2.24, 2.45) is 0 Å². The Hall–Kier alpha value is -1.45. The highest BCUT2D eigenvalue weighted by atomic mass is 32.2. The van der Waals surface area contributed by atoms with E-state index in [4.69, 9.17) is 0 Å². The number of rotatable bonds is 7. The van der Waals surface area contributed by atoms with E-state index in [0.29, 0.717) is 19.0 Å². The van der Waals surface area contributed by atoms with Crippen molar-refractivity contribution in [3.8, 4) is 0 Å². The van der Waals surface area contributed by atoms with Crippen molar-refractivity contribution in [2.75, 3.05) is 37.0 Å². The molecule has 0 aliphatic carbocycles. The first-order valence-corrected chi connectivity index (χ1v) is 9.30. The van der Waals surface area contributed by atoms with Gasteiger partial charge in [-0.25, -0.2) is 18.1 Å². The fraction of sp³-hybridized carbons (Fsp3) is 0.500. The smallest absolute Gasteiger partial charge is 0.225 e. The number of anilines is 2. The van der Waals surface area contributed by atoms with E-state index >= 15 is 0 Å². The van der Waals surface area contributed by atoms with Crippen LogP contribution in [0, 0.1) is 0 Å². The highest BCUT2D eigenvalue weighted by Crippen LogP contribution is 2.30. The first-order valence-electron chi connectivity index (χ1n) is 6.59. The van der Waals surface area contributed by atoms with Gasteiger partial charge in [-0.05, 0) is 12.5 Å². The van der Waals surface area contributed by atoms with Crippen LogP contribution in [0.15, 0.2) is 6.07 Å². The van der Waals surface area contributed by atoms with Gasteiger partial charge in [0.15, 0.2) is 0 Å². The number of sulfonamides is 1. The van der Waals surface area contributed by atoms with Gasteiger partial charge in [0.05, 0.1) is 11.6 Å². The lowest BCUT2D eigenvalue weighted by Crippen LogP contribution is -2.27. The van der Waals surface area contributed by atoms with Crippen LogP contribution in [0.25, 0.3) is 10.2 Å². The van der Waals surface area contributed by atoms with Crippen molar-refractivity contribution < 1.29 is 8.42 Å². The third-order valence-electron chi connectivity index (χ3n) is 2.80. The Morgan fingerprint density at radius 3 is 2.67 bits per heavy atom. The van der Waals surface area contributed by atoms with E-state index in [0.717, 1.165) is 28.7 Å². The first kappa shape index (κ1) is 15.9. The number of nitrogens with zero attached hydrogens (tertiary/aromatic N) is 2. The molecule has 0 saturated carbocycles. The maximum Gasteiger partial charge on any atom is 0.225 e. The molecule has 0 amide bonds. The Bertz CT molecular complexity index is 727. The second kappa shape index (κ2) is 6.54. The number of hydrogen-bond donors (Lipinski definition) is 3. The SMILES string of the molecule is CCc1cc2c(NCCNS(C)(=O)=O)nc(NC)nc2s1. The zero-order valence-electron chi connectivity index (χ0n) is 12.2. The van der Waals surface area contributed by atoms with Crippen LogP contribution in [0.3, 0.4) is 0 Å². The van der Waals surface area contributed by atoms with E-state index < -0.39 is 10.0 Å². The zero-order valence-corrected chi connectivity index (χ0v) is 13.9. The molecule has 116 valence electrons. The Kier molecular flexibility index (Phi) is 4.96. The molecule has 0 spiro atoms. The van der Waals surface area contributed by atoms with Gasteiger partial charge < -0.3 is 10.6 Å². The predicted molar refractivity (Wildman–Crippen MR) is 87.7 cm³/mol. The van der Waals surface area contributed by atoms with E-state index in [9.17, 15) is 8.42 Å². The molecular weight excluding hydrogens is 310 g/mol. The van der Waals surface area contributed by atoms with Crippen LogP contribution >= 0.6 is 11.3 Å². The van der Waals surface area contributed by atoms with Gasteiger partial charge in [-0.15, -0.1) is 11.3 Å². The first-order chi connectivity index (χ1) is 9.93. The summed E-state index contributed by atoms with van der Waals surface area (Å²) >= 11 is 1.64. The third-order valence-corrected chi connectivity index (χ3v) is 4.70. The third kappa shape index (κ3) is 4.26. The zero-order chi connectivity index (χ0) is 15.5. The molecule has 2 heterocycles. The fourth-order valence-corrected chi connectivity index (χ4v) is 3.25. The van der Waals surface area contributed by atoms with Crippen molar-refractivity contribution in [1.29, 1.82) is 0 Å². The van der Waals surface area contributed by atoms with Gasteiger partial charge >= 0.3 is 0 Å². The summed E-state index contributed by atoms with van der Waals surface area (Å²) in [5.41, 5.74) is 0. The number of aromatic nitrogens is 2. The molecule has 0 aliphatic rings. The van der Waals surface area contributed by atoms with Crippen LogP contribution in [0.4, 0.5) is 11.8 Å². The fourth-order valence-electron chi connectivity index (χ4n) is 1.81. The summed E-state index contributed by atoms with van der Waals surface area (Å²) in [5.74, 6) is 1.26. The molecule has 2 aromatic rings. The molecule has 2 rings (SSSR count). The molecule has 0 fully saturated rings. The van der Waals surface area contributed by atoms with Gasteiger partial charge in [0, 0.05) is 25.0 Å². The van der Waals surface area contributed by atoms with Crippen molar-refractivity contribution >= 4 is 43.3 Å². The molecule has 0 aromatic carbocycles. The average molecular weight is 329 g/mol. The number of aryl methyl sites for hydroxylation is 1. The van der Waals surface area contributed by atoms with Gasteiger partial charge in [-0.2, -0.15) is 4.98 Å². The summed E-state index contributed by atoms with van der Waals surface area (Å²) < 4.78 is 24.5. The van der Waals surface area contributed by atoms with Crippen molar-refractivity contribution in [2.45, 2.75) is 13.3 Å². The average Bonchev–Trinajstić information content (AvgIpc) is 2.85. The van der Waals surface area contributed by atoms with Crippen LogP contribution < -0.4 is 15.4 Å². The molecule has 0 atom stereocenters. The number of hydrogen-bond acceptors (Lipinski definition) is 7. The molecule has 2 aromatic heterocycles. The maximum atomic E-state index is 11.0. The molecular formula is C12H19N5O2S2. The minimum Gasteiger partial charge on any atom is -0.368 e. The summed E-state index contributed by atoms with van der Waals surface area (Å²) in [6, 6.07) is 2.08. The monoisotopic (exact) mass is 329 g/mol. The van der Waals surface area contributed by atoms with Gasteiger partial charge in [0.2, 0.25) is 16.0 Å². The topological polar surface area (TPSA) is 96.0 Å². The van der Waals surface area contributed by atoms with E-state index in [1.165, 1.54) is 4.88 Å². The van der Waals surface area contributed by atoms with Gasteiger partial charge in [0.25, 0.3) is 0 Å². The lowest BCUT2D eigenvalue weighted by Gasteiger charge is -2.08. The summed E-state index contributed by atoms with van der Waals surface area (Å²) in [5, 5.41) is 7.06. The lowest BCUT2D eigenvalue weighted by molar-refractivity contribution is 0.589. The van der Waals surface area contributed by atoms with Crippen molar-refractivity contribution in [3.05, 3.63) is 10.9 Å². The van der Waals surface area contributed by atoms with Crippen molar-refractivity contribution in [3.63, 3.8) is 0 Å². The summed E-state index contributed by atoms with van der Waals surface area (Å²) in [6.45, 7) is 2.86. The highest BCUT2D eigenvalue weighted by molar-refractivity contribution is 7.88. The summed E-state index contributed by atoms with van der Waals surface area (Å²) in [4.78, 5) is 11.0. The predicted octanol–water partition coefficient (Wildman–Crippen LogP) is 1.26. The molecule has 9 heteroatoms. The van der Waals surface area contributed by atoms with E-state index in [1.807, 2.05) is 0 Å². The lowest BCUT2D eigenvalue weighted by atomic mass is 10.3.